The maximum atomic E-state index is 5.36. The number of fused-ring (bicyclic) bond motifs is 1. The first-order chi connectivity index (χ1) is 9.90. The second-order valence-electron chi connectivity index (χ2n) is 4.66. The lowest BCUT2D eigenvalue weighted by Gasteiger charge is -2.19. The molecule has 1 unspecified atom stereocenters. The van der Waals surface area contributed by atoms with E-state index in [-0.39, 0.29) is 6.04 Å². The topological polar surface area (TPSA) is 92.5 Å². The predicted molar refractivity (Wildman–Crippen MR) is 69.4 cm³/mol. The van der Waals surface area contributed by atoms with Crippen LogP contribution in [0.25, 0.3) is 11.4 Å². The van der Waals surface area contributed by atoms with Crippen LogP contribution in [-0.4, -0.2) is 25.1 Å². The highest BCUT2D eigenvalue weighted by Crippen LogP contribution is 2.24. The predicted octanol–water partition coefficient (Wildman–Crippen LogP) is 1.24. The monoisotopic (exact) mass is 268 g/mol. The van der Waals surface area contributed by atoms with E-state index in [1.54, 1.807) is 18.7 Å². The average molecular weight is 268 g/mol. The van der Waals surface area contributed by atoms with Gasteiger partial charge in [0.25, 0.3) is 0 Å². The average Bonchev–Trinajstić information content (AvgIpc) is 3.16. The van der Waals surface area contributed by atoms with E-state index in [0.29, 0.717) is 11.7 Å². The highest BCUT2D eigenvalue weighted by molar-refractivity contribution is 5.51. The third-order valence-electron chi connectivity index (χ3n) is 3.39. The Kier molecular flexibility index (Phi) is 2.56. The van der Waals surface area contributed by atoms with Gasteiger partial charge in [-0.2, -0.15) is 4.98 Å². The summed E-state index contributed by atoms with van der Waals surface area (Å²) in [6, 6.07) is 3.76. The van der Waals surface area contributed by atoms with Crippen LogP contribution < -0.4 is 5.32 Å². The van der Waals surface area contributed by atoms with Gasteiger partial charge in [-0.3, -0.25) is 10.3 Å². The van der Waals surface area contributed by atoms with Crippen molar-refractivity contribution in [1.82, 2.24) is 30.4 Å². The molecule has 0 radical (unpaired) electrons. The molecular formula is C13H12N6O. The molecule has 0 fully saturated rings. The lowest BCUT2D eigenvalue weighted by atomic mass is 10.1. The summed E-state index contributed by atoms with van der Waals surface area (Å²) in [5.74, 6) is 1.14. The van der Waals surface area contributed by atoms with Crippen LogP contribution in [-0.2, 0) is 13.0 Å². The van der Waals surface area contributed by atoms with Crippen LogP contribution in [0.3, 0.4) is 0 Å². The molecule has 0 bridgehead atoms. The minimum absolute atomic E-state index is 0.00345. The van der Waals surface area contributed by atoms with Gasteiger partial charge in [0, 0.05) is 30.9 Å². The molecule has 4 rings (SSSR count). The molecule has 0 spiro atoms. The second kappa shape index (κ2) is 4.53. The Hall–Kier alpha value is -2.54. The molecule has 0 saturated heterocycles. The molecule has 1 atom stereocenters. The van der Waals surface area contributed by atoms with Crippen LogP contribution in [0.4, 0.5) is 0 Å². The molecule has 0 aromatic carbocycles. The fourth-order valence-corrected chi connectivity index (χ4v) is 2.33. The number of nitrogens with zero attached hydrogens (tertiary/aromatic N) is 4. The third-order valence-corrected chi connectivity index (χ3v) is 3.39. The van der Waals surface area contributed by atoms with E-state index in [1.165, 1.54) is 0 Å². The SMILES string of the molecule is c1cncc(-c2noc(C3Cc4nc[nH]c4CN3)n2)c1. The maximum absolute atomic E-state index is 5.36. The summed E-state index contributed by atoms with van der Waals surface area (Å²) < 4.78 is 5.36. The summed E-state index contributed by atoms with van der Waals surface area (Å²) in [4.78, 5) is 15.9. The van der Waals surface area contributed by atoms with Crippen LogP contribution in [0.2, 0.25) is 0 Å². The Balaban J connectivity index is 1.60. The van der Waals surface area contributed by atoms with Gasteiger partial charge in [-0.25, -0.2) is 4.98 Å². The molecule has 7 nitrogen and oxygen atoms in total. The first-order valence-electron chi connectivity index (χ1n) is 6.38. The highest BCUT2D eigenvalue weighted by Gasteiger charge is 2.26. The minimum Gasteiger partial charge on any atom is -0.347 e. The first-order valence-corrected chi connectivity index (χ1v) is 6.38. The molecular weight excluding hydrogens is 256 g/mol. The molecule has 0 aliphatic carbocycles. The zero-order chi connectivity index (χ0) is 13.4. The van der Waals surface area contributed by atoms with Gasteiger partial charge in [0.1, 0.15) is 0 Å². The fraction of sp³-hybridized carbons (Fsp3) is 0.231. The van der Waals surface area contributed by atoms with E-state index in [4.69, 9.17) is 4.52 Å². The lowest BCUT2D eigenvalue weighted by Crippen LogP contribution is -2.28. The third kappa shape index (κ3) is 1.88. The number of nitrogens with one attached hydrogen (secondary N) is 2. The number of hydrogen-bond acceptors (Lipinski definition) is 6. The minimum atomic E-state index is 0.00345. The summed E-state index contributed by atoms with van der Waals surface area (Å²) in [6.45, 7) is 0.727. The standard InChI is InChI=1S/C13H12N6O/c1-2-8(5-14-3-1)12-18-13(20-19-12)10-4-9-11(6-15-10)17-7-16-9/h1-3,5,7,10,15H,4,6H2,(H,16,17). The number of imidazole rings is 1. The Morgan fingerprint density at radius 3 is 3.25 bits per heavy atom. The van der Waals surface area contributed by atoms with Gasteiger partial charge in [0.05, 0.1) is 23.8 Å². The first kappa shape index (κ1) is 11.3. The molecule has 0 saturated carbocycles. The van der Waals surface area contributed by atoms with Gasteiger partial charge in [0.2, 0.25) is 11.7 Å². The van der Waals surface area contributed by atoms with Crippen molar-refractivity contribution in [3.63, 3.8) is 0 Å². The van der Waals surface area contributed by atoms with Crippen molar-refractivity contribution in [3.8, 4) is 11.4 Å². The quantitative estimate of drug-likeness (QED) is 0.726. The van der Waals surface area contributed by atoms with E-state index in [9.17, 15) is 0 Å². The Morgan fingerprint density at radius 1 is 1.35 bits per heavy atom. The van der Waals surface area contributed by atoms with E-state index in [2.05, 4.69) is 30.4 Å². The number of pyridine rings is 1. The van der Waals surface area contributed by atoms with Gasteiger partial charge in [-0.15, -0.1) is 0 Å². The van der Waals surface area contributed by atoms with Crippen LogP contribution in [0.5, 0.6) is 0 Å². The van der Waals surface area contributed by atoms with E-state index >= 15 is 0 Å². The zero-order valence-electron chi connectivity index (χ0n) is 10.6. The molecule has 100 valence electrons. The Morgan fingerprint density at radius 2 is 2.35 bits per heavy atom. The van der Waals surface area contributed by atoms with Crippen LogP contribution in [0, 0.1) is 0 Å². The van der Waals surface area contributed by atoms with Crippen molar-refractivity contribution in [2.75, 3.05) is 0 Å². The second-order valence-corrected chi connectivity index (χ2v) is 4.66. The molecule has 20 heavy (non-hydrogen) atoms. The molecule has 3 aromatic rings. The van der Waals surface area contributed by atoms with Crippen molar-refractivity contribution in [1.29, 1.82) is 0 Å². The smallest absolute Gasteiger partial charge is 0.244 e. The van der Waals surface area contributed by atoms with Gasteiger partial charge in [-0.05, 0) is 12.1 Å². The Bertz CT molecular complexity index is 719. The van der Waals surface area contributed by atoms with Crippen LogP contribution >= 0.6 is 0 Å². The number of H-pyrrole nitrogens is 1. The number of aromatic nitrogens is 5. The number of hydrogen-bond donors (Lipinski definition) is 2. The molecule has 4 heterocycles. The summed E-state index contributed by atoms with van der Waals surface area (Å²) in [7, 11) is 0. The fourth-order valence-electron chi connectivity index (χ4n) is 2.33. The maximum Gasteiger partial charge on any atom is 0.244 e. The normalized spacial score (nSPS) is 17.9. The number of aromatic amines is 1. The summed E-state index contributed by atoms with van der Waals surface area (Å²) in [6.07, 6.45) is 5.89. The molecule has 7 heteroatoms. The van der Waals surface area contributed by atoms with Gasteiger partial charge in [0.15, 0.2) is 0 Å². The lowest BCUT2D eigenvalue weighted by molar-refractivity contribution is 0.319. The van der Waals surface area contributed by atoms with E-state index < -0.39 is 0 Å². The van der Waals surface area contributed by atoms with E-state index in [1.807, 2.05) is 12.1 Å². The van der Waals surface area contributed by atoms with Gasteiger partial charge in [-0.1, -0.05) is 5.16 Å². The summed E-state index contributed by atoms with van der Waals surface area (Å²) in [5, 5.41) is 7.37. The van der Waals surface area contributed by atoms with Crippen molar-refractivity contribution in [2.24, 2.45) is 0 Å². The van der Waals surface area contributed by atoms with Crippen molar-refractivity contribution in [2.45, 2.75) is 19.0 Å². The van der Waals surface area contributed by atoms with Crippen molar-refractivity contribution in [3.05, 3.63) is 48.1 Å². The zero-order valence-corrected chi connectivity index (χ0v) is 10.6. The van der Waals surface area contributed by atoms with Crippen LogP contribution in [0.1, 0.15) is 23.3 Å². The largest absolute Gasteiger partial charge is 0.347 e. The van der Waals surface area contributed by atoms with Crippen molar-refractivity contribution >= 4 is 0 Å². The molecule has 1 aliphatic heterocycles. The van der Waals surface area contributed by atoms with Gasteiger partial charge >= 0.3 is 0 Å². The van der Waals surface area contributed by atoms with Crippen molar-refractivity contribution < 1.29 is 4.52 Å². The Labute approximate surface area is 114 Å². The molecule has 3 aromatic heterocycles. The van der Waals surface area contributed by atoms with Crippen LogP contribution in [0.15, 0.2) is 35.4 Å². The van der Waals surface area contributed by atoms with Gasteiger partial charge < -0.3 is 9.51 Å². The summed E-state index contributed by atoms with van der Waals surface area (Å²) in [5.41, 5.74) is 3.02. The molecule has 1 aliphatic rings. The highest BCUT2D eigenvalue weighted by atomic mass is 16.5. The van der Waals surface area contributed by atoms with E-state index in [0.717, 1.165) is 29.9 Å². The summed E-state index contributed by atoms with van der Waals surface area (Å²) >= 11 is 0. The number of rotatable bonds is 2. The molecule has 2 N–H and O–H groups in total. The molecule has 0 amide bonds.